The quantitative estimate of drug-likeness (QED) is 0.215. The van der Waals surface area contributed by atoms with Crippen LogP contribution in [0.25, 0.3) is 16.8 Å². The first-order chi connectivity index (χ1) is 16.1. The highest BCUT2D eigenvalue weighted by molar-refractivity contribution is 8.27. The lowest BCUT2D eigenvalue weighted by Crippen LogP contribution is -2.27. The lowest BCUT2D eigenvalue weighted by molar-refractivity contribution is -0.113. The van der Waals surface area contributed by atoms with Crippen molar-refractivity contribution in [1.82, 2.24) is 0 Å². The zero-order chi connectivity index (χ0) is 22.8. The van der Waals surface area contributed by atoms with Crippen LogP contribution < -0.4 is 9.64 Å². The molecule has 1 heterocycles. The predicted octanol–water partition coefficient (Wildman–Crippen LogP) is 7.48. The molecule has 4 aromatic carbocycles. The van der Waals surface area contributed by atoms with Crippen LogP contribution in [-0.2, 0) is 11.4 Å². The highest BCUT2D eigenvalue weighted by Crippen LogP contribution is 2.39. The molecule has 0 N–H and O–H groups in total. The van der Waals surface area contributed by atoms with Crippen LogP contribution in [0.5, 0.6) is 5.75 Å². The fraction of sp³-hybridized carbons (Fsp3) is 0.0370. The molecule has 1 saturated heterocycles. The van der Waals surface area contributed by atoms with Gasteiger partial charge in [0.05, 0.1) is 10.6 Å². The molecule has 0 unspecified atom stereocenters. The Hall–Kier alpha value is -3.12. The van der Waals surface area contributed by atoms with Gasteiger partial charge in [0.25, 0.3) is 5.91 Å². The molecule has 0 spiro atoms. The Kier molecular flexibility index (Phi) is 6.18. The van der Waals surface area contributed by atoms with E-state index in [4.69, 9.17) is 28.6 Å². The minimum absolute atomic E-state index is 0.158. The van der Waals surface area contributed by atoms with Crippen LogP contribution in [0.4, 0.5) is 5.69 Å². The second kappa shape index (κ2) is 9.40. The number of amides is 1. The van der Waals surface area contributed by atoms with Gasteiger partial charge in [-0.2, -0.15) is 0 Å². The number of nitrogens with zero attached hydrogens (tertiary/aromatic N) is 1. The van der Waals surface area contributed by atoms with E-state index in [0.717, 1.165) is 21.9 Å². The number of ether oxygens (including phenoxy) is 1. The fourth-order valence-electron chi connectivity index (χ4n) is 3.70. The normalized spacial score (nSPS) is 14.9. The molecule has 33 heavy (non-hydrogen) atoms. The summed E-state index contributed by atoms with van der Waals surface area (Å²) in [5.74, 6) is 0.559. The number of benzene rings is 4. The molecule has 0 atom stereocenters. The number of thiocarbonyl (C=S) groups is 1. The molecule has 5 rings (SSSR count). The Balaban J connectivity index is 1.53. The maximum Gasteiger partial charge on any atom is 0.270 e. The van der Waals surface area contributed by atoms with Gasteiger partial charge in [-0.15, -0.1) is 0 Å². The van der Waals surface area contributed by atoms with E-state index < -0.39 is 0 Å². The number of hydrogen-bond donors (Lipinski definition) is 0. The van der Waals surface area contributed by atoms with E-state index in [-0.39, 0.29) is 5.91 Å². The number of halogens is 1. The molecule has 162 valence electrons. The molecular weight excluding hydrogens is 470 g/mol. The third-order valence-electron chi connectivity index (χ3n) is 5.32. The van der Waals surface area contributed by atoms with Crippen LogP contribution in [0.3, 0.4) is 0 Å². The van der Waals surface area contributed by atoms with Gasteiger partial charge in [0, 0.05) is 10.6 Å². The van der Waals surface area contributed by atoms with Crippen molar-refractivity contribution < 1.29 is 9.53 Å². The van der Waals surface area contributed by atoms with E-state index in [0.29, 0.717) is 32.3 Å². The minimum atomic E-state index is -0.158. The monoisotopic (exact) mass is 487 g/mol. The van der Waals surface area contributed by atoms with Gasteiger partial charge >= 0.3 is 0 Å². The van der Waals surface area contributed by atoms with Crippen molar-refractivity contribution in [2.24, 2.45) is 0 Å². The summed E-state index contributed by atoms with van der Waals surface area (Å²) >= 11 is 12.8. The summed E-state index contributed by atoms with van der Waals surface area (Å²) in [6.45, 7) is 0.436. The van der Waals surface area contributed by atoms with Gasteiger partial charge in [0.1, 0.15) is 12.4 Å². The van der Waals surface area contributed by atoms with Gasteiger partial charge in [-0.3, -0.25) is 9.69 Å². The van der Waals surface area contributed by atoms with Crippen LogP contribution in [0.2, 0.25) is 5.02 Å². The summed E-state index contributed by atoms with van der Waals surface area (Å²) in [5.41, 5.74) is 2.63. The van der Waals surface area contributed by atoms with E-state index in [2.05, 4.69) is 0 Å². The van der Waals surface area contributed by atoms with Crippen molar-refractivity contribution in [3.05, 3.63) is 112 Å². The predicted molar refractivity (Wildman–Crippen MR) is 142 cm³/mol. The van der Waals surface area contributed by atoms with Crippen LogP contribution >= 0.6 is 35.6 Å². The molecule has 4 aromatic rings. The second-order valence-electron chi connectivity index (χ2n) is 7.47. The smallest absolute Gasteiger partial charge is 0.270 e. The van der Waals surface area contributed by atoms with Gasteiger partial charge in [0.15, 0.2) is 4.32 Å². The number of fused-ring (bicyclic) bond motifs is 1. The molecule has 1 aliphatic rings. The molecule has 1 aliphatic heterocycles. The number of thioether (sulfide) groups is 1. The van der Waals surface area contributed by atoms with Crippen molar-refractivity contribution in [3.63, 3.8) is 0 Å². The Bertz CT molecular complexity index is 1380. The SMILES string of the molecule is O=C1/C(=C/c2c(OCc3ccccc3)ccc3ccccc23)SC(=S)N1c1ccc(Cl)cc1. The number of anilines is 1. The van der Waals surface area contributed by atoms with Crippen LogP contribution in [0.1, 0.15) is 11.1 Å². The second-order valence-corrected chi connectivity index (χ2v) is 9.58. The lowest BCUT2D eigenvalue weighted by atomic mass is 10.0. The maximum atomic E-state index is 13.3. The highest BCUT2D eigenvalue weighted by Gasteiger charge is 2.33. The summed E-state index contributed by atoms with van der Waals surface area (Å²) in [6, 6.07) is 29.2. The zero-order valence-electron chi connectivity index (χ0n) is 17.4. The third-order valence-corrected chi connectivity index (χ3v) is 6.88. The van der Waals surface area contributed by atoms with E-state index >= 15 is 0 Å². The average molecular weight is 488 g/mol. The van der Waals surface area contributed by atoms with Gasteiger partial charge < -0.3 is 4.74 Å². The van der Waals surface area contributed by atoms with Gasteiger partial charge in [-0.1, -0.05) is 96.2 Å². The fourth-order valence-corrected chi connectivity index (χ4v) is 5.10. The molecule has 0 aromatic heterocycles. The Labute approximate surface area is 206 Å². The van der Waals surface area contributed by atoms with Crippen molar-refractivity contribution in [3.8, 4) is 5.75 Å². The summed E-state index contributed by atoms with van der Waals surface area (Å²) in [5, 5.41) is 2.69. The van der Waals surface area contributed by atoms with Gasteiger partial charge in [0.2, 0.25) is 0 Å². The van der Waals surface area contributed by atoms with E-state index in [1.807, 2.05) is 72.8 Å². The summed E-state index contributed by atoms with van der Waals surface area (Å²) in [6.07, 6.45) is 1.89. The number of carbonyl (C=O) groups is 1. The molecule has 1 fully saturated rings. The third kappa shape index (κ3) is 4.53. The Morgan fingerprint density at radius 2 is 1.64 bits per heavy atom. The van der Waals surface area contributed by atoms with E-state index in [1.165, 1.54) is 16.7 Å². The Morgan fingerprint density at radius 1 is 0.909 bits per heavy atom. The molecule has 3 nitrogen and oxygen atoms in total. The first kappa shape index (κ1) is 21.7. The largest absolute Gasteiger partial charge is 0.488 e. The minimum Gasteiger partial charge on any atom is -0.488 e. The molecular formula is C27H18ClNO2S2. The Morgan fingerprint density at radius 3 is 2.42 bits per heavy atom. The standard InChI is InChI=1S/C27H18ClNO2S2/c28-20-11-13-21(14-12-20)29-26(30)25(33-27(29)32)16-23-22-9-5-4-8-19(22)10-15-24(23)31-17-18-6-2-1-3-7-18/h1-16H,17H2/b25-16-. The van der Waals surface area contributed by atoms with Crippen LogP contribution in [-0.4, -0.2) is 10.2 Å². The van der Waals surface area contributed by atoms with Crippen molar-refractivity contribution in [2.75, 3.05) is 4.90 Å². The summed E-state index contributed by atoms with van der Waals surface area (Å²) < 4.78 is 6.69. The maximum absolute atomic E-state index is 13.3. The van der Waals surface area contributed by atoms with E-state index in [1.54, 1.807) is 24.3 Å². The molecule has 1 amide bonds. The lowest BCUT2D eigenvalue weighted by Gasteiger charge is -2.14. The number of carbonyl (C=O) groups excluding carboxylic acids is 1. The van der Waals surface area contributed by atoms with Crippen LogP contribution in [0, 0.1) is 0 Å². The molecule has 0 saturated carbocycles. The number of hydrogen-bond acceptors (Lipinski definition) is 4. The zero-order valence-corrected chi connectivity index (χ0v) is 19.8. The summed E-state index contributed by atoms with van der Waals surface area (Å²) in [7, 11) is 0. The topological polar surface area (TPSA) is 29.5 Å². The average Bonchev–Trinajstić information content (AvgIpc) is 3.12. The van der Waals surface area contributed by atoms with E-state index in [9.17, 15) is 4.79 Å². The summed E-state index contributed by atoms with van der Waals surface area (Å²) in [4.78, 5) is 15.4. The van der Waals surface area contributed by atoms with Gasteiger partial charge in [-0.05, 0) is 52.7 Å². The van der Waals surface area contributed by atoms with Crippen molar-refractivity contribution in [2.45, 2.75) is 6.61 Å². The first-order valence-corrected chi connectivity index (χ1v) is 11.9. The highest BCUT2D eigenvalue weighted by atomic mass is 35.5. The molecule has 6 heteroatoms. The number of rotatable bonds is 5. The molecule has 0 radical (unpaired) electrons. The van der Waals surface area contributed by atoms with Crippen molar-refractivity contribution in [1.29, 1.82) is 0 Å². The molecule has 0 aliphatic carbocycles. The first-order valence-electron chi connectivity index (χ1n) is 10.3. The van der Waals surface area contributed by atoms with Crippen molar-refractivity contribution >= 4 is 68.3 Å². The van der Waals surface area contributed by atoms with Gasteiger partial charge in [-0.25, -0.2) is 0 Å². The van der Waals surface area contributed by atoms with Crippen LogP contribution in [0.15, 0.2) is 95.9 Å². The molecule has 0 bridgehead atoms.